The molecule has 0 bridgehead atoms. The summed E-state index contributed by atoms with van der Waals surface area (Å²) in [5.74, 6) is 1.29. The van der Waals surface area contributed by atoms with Crippen LogP contribution in [-0.2, 0) is 4.74 Å². The highest BCUT2D eigenvalue weighted by Gasteiger charge is 2.17. The number of H-pyrrole nitrogens is 1. The second-order valence-electron chi connectivity index (χ2n) is 7.18. The van der Waals surface area contributed by atoms with Gasteiger partial charge in [-0.3, -0.25) is 0 Å². The molecule has 0 aliphatic carbocycles. The molecule has 1 aliphatic heterocycles. The average Bonchev–Trinajstić information content (AvgIpc) is 3.23. The van der Waals surface area contributed by atoms with E-state index in [1.54, 1.807) is 6.21 Å². The predicted molar refractivity (Wildman–Crippen MR) is 127 cm³/mol. The Morgan fingerprint density at radius 2 is 1.88 bits per heavy atom. The Morgan fingerprint density at radius 3 is 2.75 bits per heavy atom. The van der Waals surface area contributed by atoms with Crippen LogP contribution in [0.2, 0.25) is 5.02 Å². The Labute approximate surface area is 189 Å². The molecule has 3 heterocycles. The maximum absolute atomic E-state index is 6.10. The summed E-state index contributed by atoms with van der Waals surface area (Å²) in [5, 5.41) is 9.25. The number of nitrogens with one attached hydrogen (secondary N) is 3. The van der Waals surface area contributed by atoms with Crippen molar-refractivity contribution in [2.24, 2.45) is 5.10 Å². The number of nitrogens with zero attached hydrogens (tertiary/aromatic N) is 5. The molecule has 162 valence electrons. The van der Waals surface area contributed by atoms with Crippen molar-refractivity contribution in [3.05, 3.63) is 65.3 Å². The van der Waals surface area contributed by atoms with Crippen LogP contribution in [0.3, 0.4) is 0 Å². The third-order valence-electron chi connectivity index (χ3n) is 4.99. The van der Waals surface area contributed by atoms with Gasteiger partial charge in [-0.1, -0.05) is 35.9 Å². The van der Waals surface area contributed by atoms with Gasteiger partial charge in [0.2, 0.25) is 17.8 Å². The monoisotopic (exact) mass is 448 g/mol. The molecule has 0 radical (unpaired) electrons. The Hall–Kier alpha value is -3.69. The zero-order chi connectivity index (χ0) is 21.8. The molecule has 5 rings (SSSR count). The third kappa shape index (κ3) is 4.63. The van der Waals surface area contributed by atoms with E-state index in [4.69, 9.17) is 16.3 Å². The number of morpholine rings is 1. The van der Waals surface area contributed by atoms with Crippen molar-refractivity contribution >= 4 is 52.3 Å². The van der Waals surface area contributed by atoms with Gasteiger partial charge in [-0.25, -0.2) is 5.43 Å². The van der Waals surface area contributed by atoms with E-state index in [1.165, 1.54) is 0 Å². The lowest BCUT2D eigenvalue weighted by Gasteiger charge is -2.27. The molecule has 2 aromatic heterocycles. The molecule has 0 saturated carbocycles. The first-order chi connectivity index (χ1) is 15.7. The quantitative estimate of drug-likeness (QED) is 0.302. The molecule has 0 amide bonds. The van der Waals surface area contributed by atoms with Gasteiger partial charge in [0.05, 0.1) is 19.4 Å². The van der Waals surface area contributed by atoms with Crippen molar-refractivity contribution in [2.45, 2.75) is 0 Å². The van der Waals surface area contributed by atoms with Crippen LogP contribution in [0.25, 0.3) is 10.9 Å². The predicted octanol–water partition coefficient (Wildman–Crippen LogP) is 4.03. The molecule has 1 saturated heterocycles. The molecule has 32 heavy (non-hydrogen) atoms. The minimum Gasteiger partial charge on any atom is -0.378 e. The van der Waals surface area contributed by atoms with E-state index in [0.717, 1.165) is 22.2 Å². The number of rotatable bonds is 6. The summed E-state index contributed by atoms with van der Waals surface area (Å²) in [5.41, 5.74) is 5.73. The van der Waals surface area contributed by atoms with E-state index in [9.17, 15) is 0 Å². The van der Waals surface area contributed by atoms with Crippen LogP contribution < -0.4 is 15.6 Å². The number of anilines is 4. The van der Waals surface area contributed by atoms with Crippen LogP contribution in [0.1, 0.15) is 5.56 Å². The van der Waals surface area contributed by atoms with Gasteiger partial charge >= 0.3 is 0 Å². The number of ether oxygens (including phenoxy) is 1. The van der Waals surface area contributed by atoms with Crippen LogP contribution >= 0.6 is 11.6 Å². The molecule has 10 heteroatoms. The summed E-state index contributed by atoms with van der Waals surface area (Å²) in [6.07, 6.45) is 3.65. The summed E-state index contributed by atoms with van der Waals surface area (Å²) >= 11 is 6.10. The smallest absolute Gasteiger partial charge is 0.250 e. The molecule has 9 nitrogen and oxygen atoms in total. The third-order valence-corrected chi connectivity index (χ3v) is 5.22. The molecule has 0 atom stereocenters. The highest BCUT2D eigenvalue weighted by Crippen LogP contribution is 2.21. The largest absolute Gasteiger partial charge is 0.378 e. The highest BCUT2D eigenvalue weighted by atomic mass is 35.5. The standard InChI is InChI=1S/C22H21ClN8O/c23-16-4-3-5-17(12-16)26-20-27-21(29-22(28-20)31-8-10-32-11-9-31)30-25-14-15-13-24-19-7-2-1-6-18(15)19/h1-7,12-14,24H,8-11H2,(H2,26,27,28,29,30)/b25-14+. The van der Waals surface area contributed by atoms with E-state index < -0.39 is 0 Å². The molecule has 0 spiro atoms. The molecule has 3 N–H and O–H groups in total. The highest BCUT2D eigenvalue weighted by molar-refractivity contribution is 6.30. The van der Waals surface area contributed by atoms with Crippen molar-refractivity contribution in [3.63, 3.8) is 0 Å². The second kappa shape index (κ2) is 9.21. The van der Waals surface area contributed by atoms with Crippen molar-refractivity contribution in [1.82, 2.24) is 19.9 Å². The summed E-state index contributed by atoms with van der Waals surface area (Å²) < 4.78 is 5.45. The Bertz CT molecular complexity index is 1250. The fourth-order valence-corrected chi connectivity index (χ4v) is 3.62. The number of halogens is 1. The summed E-state index contributed by atoms with van der Waals surface area (Å²) in [6.45, 7) is 2.67. The van der Waals surface area contributed by atoms with E-state index in [2.05, 4.69) is 40.7 Å². The average molecular weight is 449 g/mol. The molecular formula is C22H21ClN8O. The van der Waals surface area contributed by atoms with Gasteiger partial charge in [0.1, 0.15) is 0 Å². The lowest BCUT2D eigenvalue weighted by molar-refractivity contribution is 0.122. The fourth-order valence-electron chi connectivity index (χ4n) is 3.43. The first-order valence-corrected chi connectivity index (χ1v) is 10.6. The van der Waals surface area contributed by atoms with Gasteiger partial charge < -0.3 is 19.9 Å². The van der Waals surface area contributed by atoms with Crippen molar-refractivity contribution in [3.8, 4) is 0 Å². The number of benzene rings is 2. The number of aromatic amines is 1. The number of hydrogen-bond acceptors (Lipinski definition) is 8. The van der Waals surface area contributed by atoms with Gasteiger partial charge in [-0.15, -0.1) is 0 Å². The number of aromatic nitrogens is 4. The zero-order valence-electron chi connectivity index (χ0n) is 17.1. The molecule has 1 aliphatic rings. The Kier molecular flexibility index (Phi) is 5.82. The van der Waals surface area contributed by atoms with Crippen LogP contribution in [0, 0.1) is 0 Å². The number of hydrazone groups is 1. The minimum atomic E-state index is 0.335. The van der Waals surface area contributed by atoms with Gasteiger partial charge in [-0.2, -0.15) is 20.1 Å². The van der Waals surface area contributed by atoms with Crippen molar-refractivity contribution < 1.29 is 4.74 Å². The molecule has 4 aromatic rings. The Morgan fingerprint density at radius 1 is 1.03 bits per heavy atom. The van der Waals surface area contributed by atoms with Gasteiger partial charge in [-0.05, 0) is 24.3 Å². The molecular weight excluding hydrogens is 428 g/mol. The summed E-state index contributed by atoms with van der Waals surface area (Å²) in [6, 6.07) is 15.4. The van der Waals surface area contributed by atoms with Crippen molar-refractivity contribution in [1.29, 1.82) is 0 Å². The SMILES string of the molecule is Clc1cccc(Nc2nc(N/N=C/c3c[nH]c4ccccc34)nc(N3CCOCC3)n2)c1. The van der Waals surface area contributed by atoms with Gasteiger partial charge in [0.15, 0.2) is 0 Å². The van der Waals surface area contributed by atoms with Crippen LogP contribution in [0.15, 0.2) is 59.8 Å². The van der Waals surface area contributed by atoms with Gasteiger partial charge in [0, 0.05) is 46.5 Å². The van der Waals surface area contributed by atoms with E-state index >= 15 is 0 Å². The first-order valence-electron chi connectivity index (χ1n) is 10.2. The lowest BCUT2D eigenvalue weighted by atomic mass is 10.2. The number of fused-ring (bicyclic) bond motifs is 1. The van der Waals surface area contributed by atoms with Crippen LogP contribution in [0.5, 0.6) is 0 Å². The zero-order valence-corrected chi connectivity index (χ0v) is 17.9. The van der Waals surface area contributed by atoms with E-state index in [-0.39, 0.29) is 0 Å². The number of para-hydroxylation sites is 1. The van der Waals surface area contributed by atoms with Gasteiger partial charge in [0.25, 0.3) is 0 Å². The maximum Gasteiger partial charge on any atom is 0.250 e. The Balaban J connectivity index is 1.40. The fraction of sp³-hybridized carbons (Fsp3) is 0.182. The summed E-state index contributed by atoms with van der Waals surface area (Å²) in [4.78, 5) is 18.9. The van der Waals surface area contributed by atoms with Crippen molar-refractivity contribution in [2.75, 3.05) is 41.9 Å². The number of hydrogen-bond donors (Lipinski definition) is 3. The van der Waals surface area contributed by atoms with Crippen LogP contribution in [-0.4, -0.2) is 52.5 Å². The van der Waals surface area contributed by atoms with E-state index in [0.29, 0.717) is 49.2 Å². The van der Waals surface area contributed by atoms with E-state index in [1.807, 2.05) is 54.7 Å². The summed E-state index contributed by atoms with van der Waals surface area (Å²) in [7, 11) is 0. The first kappa shape index (κ1) is 20.2. The maximum atomic E-state index is 6.10. The molecule has 1 fully saturated rings. The molecule has 0 unspecified atom stereocenters. The topological polar surface area (TPSA) is 103 Å². The van der Waals surface area contributed by atoms with Crippen LogP contribution in [0.4, 0.5) is 23.5 Å². The minimum absolute atomic E-state index is 0.335. The lowest BCUT2D eigenvalue weighted by Crippen LogP contribution is -2.37. The molecule has 2 aromatic carbocycles. The normalized spacial score (nSPS) is 14.2. The second-order valence-corrected chi connectivity index (χ2v) is 7.61.